The molecule has 0 saturated heterocycles. The molecule has 5 rings (SSSR count). The summed E-state index contributed by atoms with van der Waals surface area (Å²) in [5, 5.41) is 1.37. The summed E-state index contributed by atoms with van der Waals surface area (Å²) in [6, 6.07) is 7.94. The molecule has 0 amide bonds. The fourth-order valence-corrected chi connectivity index (χ4v) is 7.18. The van der Waals surface area contributed by atoms with E-state index in [1.807, 2.05) is 57.0 Å². The lowest BCUT2D eigenvalue weighted by Crippen LogP contribution is -2.22. The average molecular weight is 498 g/mol. The van der Waals surface area contributed by atoms with Crippen LogP contribution in [0.15, 0.2) is 38.4 Å². The van der Waals surface area contributed by atoms with Gasteiger partial charge in [0.2, 0.25) is 11.9 Å². The molecule has 0 fully saturated rings. The Morgan fingerprint density at radius 1 is 1.21 bits per heavy atom. The van der Waals surface area contributed by atoms with Crippen LogP contribution < -0.4 is 16.2 Å². The van der Waals surface area contributed by atoms with E-state index in [1.165, 1.54) is 16.0 Å². The standard InChI is InChI=1S/C22H23N7OS3/c1-12-6-4-7-13(10-12)29-18(30)16-14-8-5-9-31-19(14)33-17(16)26-22(29)32-11-15-24-20(23)27-21(25-15)28(2)3/h4,6-7,10H,5,8-9,11H2,1-3H3,(H2,23,24,25,27). The highest BCUT2D eigenvalue weighted by Crippen LogP contribution is 2.41. The van der Waals surface area contributed by atoms with E-state index in [-0.39, 0.29) is 11.5 Å². The fourth-order valence-electron chi connectivity index (χ4n) is 3.73. The number of nitrogens with two attached hydrogens (primary N) is 1. The van der Waals surface area contributed by atoms with Crippen molar-refractivity contribution in [2.45, 2.75) is 34.9 Å². The van der Waals surface area contributed by atoms with Crippen LogP contribution in [0.1, 0.15) is 23.4 Å². The van der Waals surface area contributed by atoms with E-state index in [0.29, 0.717) is 22.7 Å². The number of aromatic nitrogens is 5. The van der Waals surface area contributed by atoms with Crippen molar-refractivity contribution in [3.8, 4) is 5.69 Å². The number of fused-ring (bicyclic) bond motifs is 3. The van der Waals surface area contributed by atoms with Gasteiger partial charge in [0.1, 0.15) is 10.7 Å². The summed E-state index contributed by atoms with van der Waals surface area (Å²) in [7, 11) is 3.71. The molecule has 4 aromatic rings. The maximum absolute atomic E-state index is 13.8. The first-order chi connectivity index (χ1) is 15.9. The van der Waals surface area contributed by atoms with Gasteiger partial charge in [-0.3, -0.25) is 9.36 Å². The molecule has 33 heavy (non-hydrogen) atoms. The molecule has 170 valence electrons. The van der Waals surface area contributed by atoms with Crippen molar-refractivity contribution in [3.05, 3.63) is 51.6 Å². The second-order valence-corrected chi connectivity index (χ2v) is 11.3. The highest BCUT2D eigenvalue weighted by atomic mass is 32.2. The van der Waals surface area contributed by atoms with Crippen molar-refractivity contribution in [1.29, 1.82) is 0 Å². The van der Waals surface area contributed by atoms with Gasteiger partial charge >= 0.3 is 0 Å². The number of thioether (sulfide) groups is 2. The Bertz CT molecular complexity index is 1410. The molecule has 0 saturated carbocycles. The van der Waals surface area contributed by atoms with Crippen LogP contribution in [-0.2, 0) is 12.2 Å². The molecule has 0 unspecified atom stereocenters. The number of hydrogen-bond donors (Lipinski definition) is 1. The summed E-state index contributed by atoms with van der Waals surface area (Å²) >= 11 is 4.88. The number of thiophene rings is 1. The third kappa shape index (κ3) is 4.32. The molecular weight excluding hydrogens is 474 g/mol. The molecule has 0 bridgehead atoms. The van der Waals surface area contributed by atoms with Gasteiger partial charge in [0, 0.05) is 14.1 Å². The Labute approximate surface area is 203 Å². The molecule has 0 radical (unpaired) electrons. The van der Waals surface area contributed by atoms with E-state index >= 15 is 0 Å². The van der Waals surface area contributed by atoms with Crippen LogP contribution in [0.25, 0.3) is 15.9 Å². The number of rotatable bonds is 5. The van der Waals surface area contributed by atoms with Crippen molar-refractivity contribution in [1.82, 2.24) is 24.5 Å². The minimum Gasteiger partial charge on any atom is -0.368 e. The Hall–Kier alpha value is -2.63. The lowest BCUT2D eigenvalue weighted by atomic mass is 10.1. The summed E-state index contributed by atoms with van der Waals surface area (Å²) in [6.07, 6.45) is 2.01. The van der Waals surface area contributed by atoms with Crippen molar-refractivity contribution in [2.24, 2.45) is 0 Å². The zero-order valence-corrected chi connectivity index (χ0v) is 21.0. The van der Waals surface area contributed by atoms with E-state index in [0.717, 1.165) is 45.6 Å². The predicted molar refractivity (Wildman–Crippen MR) is 137 cm³/mol. The van der Waals surface area contributed by atoms with E-state index in [9.17, 15) is 4.79 Å². The van der Waals surface area contributed by atoms with Gasteiger partial charge in [0.15, 0.2) is 5.16 Å². The maximum Gasteiger partial charge on any atom is 0.267 e. The van der Waals surface area contributed by atoms with Gasteiger partial charge in [-0.05, 0) is 48.8 Å². The molecule has 0 atom stereocenters. The average Bonchev–Trinajstić information content (AvgIpc) is 3.16. The van der Waals surface area contributed by atoms with Gasteiger partial charge in [-0.2, -0.15) is 15.0 Å². The second-order valence-electron chi connectivity index (χ2n) is 7.97. The molecule has 0 aliphatic carbocycles. The smallest absolute Gasteiger partial charge is 0.267 e. The number of aryl methyl sites for hydroxylation is 2. The molecule has 1 aromatic carbocycles. The van der Waals surface area contributed by atoms with Crippen LogP contribution in [0.4, 0.5) is 11.9 Å². The highest BCUT2D eigenvalue weighted by Gasteiger charge is 2.23. The number of hydrogen-bond acceptors (Lipinski definition) is 10. The first-order valence-electron chi connectivity index (χ1n) is 10.5. The Morgan fingerprint density at radius 2 is 2.06 bits per heavy atom. The van der Waals surface area contributed by atoms with Crippen molar-refractivity contribution >= 4 is 57.0 Å². The van der Waals surface area contributed by atoms with E-state index < -0.39 is 0 Å². The second kappa shape index (κ2) is 8.96. The maximum atomic E-state index is 13.8. The van der Waals surface area contributed by atoms with E-state index in [2.05, 4.69) is 15.0 Å². The number of nitrogen functional groups attached to an aromatic ring is 1. The summed E-state index contributed by atoms with van der Waals surface area (Å²) < 4.78 is 2.95. The normalized spacial score (nSPS) is 13.3. The highest BCUT2D eigenvalue weighted by molar-refractivity contribution is 8.01. The zero-order valence-electron chi connectivity index (χ0n) is 18.5. The summed E-state index contributed by atoms with van der Waals surface area (Å²) in [4.78, 5) is 34.3. The Morgan fingerprint density at radius 3 is 2.85 bits per heavy atom. The van der Waals surface area contributed by atoms with Crippen LogP contribution in [0.5, 0.6) is 0 Å². The lowest BCUT2D eigenvalue weighted by molar-refractivity contribution is 0.815. The Kier molecular flexibility index (Phi) is 6.02. The number of benzene rings is 1. The molecule has 11 heteroatoms. The molecule has 3 aromatic heterocycles. The van der Waals surface area contributed by atoms with E-state index in [4.69, 9.17) is 10.7 Å². The Balaban J connectivity index is 1.63. The molecule has 8 nitrogen and oxygen atoms in total. The minimum absolute atomic E-state index is 0.0164. The van der Waals surface area contributed by atoms with Gasteiger partial charge < -0.3 is 10.6 Å². The summed E-state index contributed by atoms with van der Waals surface area (Å²) in [6.45, 7) is 2.02. The van der Waals surface area contributed by atoms with Gasteiger partial charge in [0.25, 0.3) is 5.56 Å². The van der Waals surface area contributed by atoms with Gasteiger partial charge in [-0.1, -0.05) is 23.9 Å². The zero-order chi connectivity index (χ0) is 23.1. The SMILES string of the molecule is Cc1cccc(-n2c(SCc3nc(N)nc(N(C)C)n3)nc3sc4c(c3c2=O)CCCS4)c1. The predicted octanol–water partition coefficient (Wildman–Crippen LogP) is 3.92. The van der Waals surface area contributed by atoms with Crippen molar-refractivity contribution in [2.75, 3.05) is 30.5 Å². The van der Waals surface area contributed by atoms with E-state index in [1.54, 1.807) is 20.8 Å². The van der Waals surface area contributed by atoms with Crippen LogP contribution in [0.3, 0.4) is 0 Å². The van der Waals surface area contributed by atoms with Gasteiger partial charge in [0.05, 0.1) is 21.0 Å². The molecule has 4 heterocycles. The molecule has 2 N–H and O–H groups in total. The van der Waals surface area contributed by atoms with Crippen LogP contribution in [-0.4, -0.2) is 44.4 Å². The molecular formula is C22H23N7OS3. The first kappa shape index (κ1) is 22.2. The van der Waals surface area contributed by atoms with Crippen molar-refractivity contribution in [3.63, 3.8) is 0 Å². The third-order valence-corrected chi connectivity index (χ3v) is 8.70. The minimum atomic E-state index is -0.0164. The topological polar surface area (TPSA) is 103 Å². The molecule has 1 aliphatic rings. The lowest BCUT2D eigenvalue weighted by Gasteiger charge is -2.14. The summed E-state index contributed by atoms with van der Waals surface area (Å²) in [5.74, 6) is 2.72. The quantitative estimate of drug-likeness (QED) is 0.324. The van der Waals surface area contributed by atoms with Crippen LogP contribution in [0, 0.1) is 6.92 Å². The third-order valence-electron chi connectivity index (χ3n) is 5.24. The fraction of sp³-hybridized carbons (Fsp3) is 0.318. The van der Waals surface area contributed by atoms with Crippen LogP contribution >= 0.6 is 34.9 Å². The molecule has 1 aliphatic heterocycles. The number of anilines is 2. The van der Waals surface area contributed by atoms with Gasteiger partial charge in [-0.15, -0.1) is 23.1 Å². The monoisotopic (exact) mass is 497 g/mol. The number of nitrogens with zero attached hydrogens (tertiary/aromatic N) is 6. The van der Waals surface area contributed by atoms with Crippen molar-refractivity contribution < 1.29 is 0 Å². The first-order valence-corrected chi connectivity index (χ1v) is 13.3. The largest absolute Gasteiger partial charge is 0.368 e. The summed E-state index contributed by atoms with van der Waals surface area (Å²) in [5.41, 5.74) is 8.92. The van der Waals surface area contributed by atoms with Gasteiger partial charge in [-0.25, -0.2) is 4.98 Å². The van der Waals surface area contributed by atoms with Crippen LogP contribution in [0.2, 0.25) is 0 Å². The molecule has 0 spiro atoms.